The molecule has 0 atom stereocenters. The zero-order valence-corrected chi connectivity index (χ0v) is 10.6. The summed E-state index contributed by atoms with van der Waals surface area (Å²) >= 11 is 0. The van der Waals surface area contributed by atoms with E-state index in [-0.39, 0.29) is 21.6 Å². The Hall–Kier alpha value is -2.29. The summed E-state index contributed by atoms with van der Waals surface area (Å²) in [6.45, 7) is 0. The summed E-state index contributed by atoms with van der Waals surface area (Å²) in [5.41, 5.74) is -0.0747. The lowest BCUT2D eigenvalue weighted by Gasteiger charge is -2.22. The van der Waals surface area contributed by atoms with Crippen molar-refractivity contribution < 1.29 is 27.8 Å². The first-order chi connectivity index (χ1) is 9.30. The van der Waals surface area contributed by atoms with E-state index in [1.807, 2.05) is 0 Å². The first-order valence-electron chi connectivity index (χ1n) is 5.42. The highest BCUT2D eigenvalue weighted by Gasteiger charge is 2.33. The summed E-state index contributed by atoms with van der Waals surface area (Å²) in [5, 5.41) is 9.94. The monoisotopic (exact) mass is 293 g/mol. The van der Waals surface area contributed by atoms with E-state index >= 15 is 0 Å². The van der Waals surface area contributed by atoms with Gasteiger partial charge >= 0.3 is 0 Å². The number of hydroxylamine groups is 2. The van der Waals surface area contributed by atoms with Crippen molar-refractivity contribution in [2.24, 2.45) is 0 Å². The quantitative estimate of drug-likeness (QED) is 0.462. The van der Waals surface area contributed by atoms with Crippen LogP contribution in [0.3, 0.4) is 0 Å². The predicted octanol–water partition coefficient (Wildman–Crippen LogP) is 1.07. The molecule has 2 aromatic rings. The highest BCUT2D eigenvalue weighted by molar-refractivity contribution is 7.85. The predicted molar refractivity (Wildman–Crippen MR) is 66.0 cm³/mol. The van der Waals surface area contributed by atoms with Crippen molar-refractivity contribution in [2.45, 2.75) is 4.90 Å². The van der Waals surface area contributed by atoms with E-state index < -0.39 is 26.8 Å². The number of rotatable bonds is 1. The molecule has 2 amide bonds. The van der Waals surface area contributed by atoms with Gasteiger partial charge in [-0.2, -0.15) is 8.42 Å². The second-order valence-electron chi connectivity index (χ2n) is 4.27. The Morgan fingerprint density at radius 1 is 1.00 bits per heavy atom. The maximum Gasteiger partial charge on any atom is 0.294 e. The molecule has 2 aromatic carbocycles. The van der Waals surface area contributed by atoms with Crippen LogP contribution in [-0.2, 0) is 10.1 Å². The molecule has 8 heteroatoms. The molecule has 102 valence electrons. The summed E-state index contributed by atoms with van der Waals surface area (Å²) < 4.78 is 31.5. The molecule has 1 aliphatic heterocycles. The van der Waals surface area contributed by atoms with Crippen molar-refractivity contribution in [3.8, 4) is 0 Å². The summed E-state index contributed by atoms with van der Waals surface area (Å²) in [4.78, 5) is 23.2. The molecule has 1 heterocycles. The van der Waals surface area contributed by atoms with Gasteiger partial charge in [-0.25, -0.2) is 0 Å². The largest absolute Gasteiger partial charge is 0.294 e. The van der Waals surface area contributed by atoms with E-state index in [2.05, 4.69) is 0 Å². The van der Waals surface area contributed by atoms with Crippen LogP contribution in [0.15, 0.2) is 35.2 Å². The van der Waals surface area contributed by atoms with Gasteiger partial charge in [0.1, 0.15) is 0 Å². The molecule has 0 radical (unpaired) electrons. The Labute approximate surface area is 112 Å². The van der Waals surface area contributed by atoms with Gasteiger partial charge in [0.15, 0.2) is 0 Å². The zero-order chi connectivity index (χ0) is 14.7. The third-order valence-electron chi connectivity index (χ3n) is 3.09. The van der Waals surface area contributed by atoms with Crippen LogP contribution >= 0.6 is 0 Å². The lowest BCUT2D eigenvalue weighted by atomic mass is 9.95. The summed E-state index contributed by atoms with van der Waals surface area (Å²) in [6, 6.07) is 6.49. The zero-order valence-electron chi connectivity index (χ0n) is 9.77. The first kappa shape index (κ1) is 12.7. The van der Waals surface area contributed by atoms with Crippen LogP contribution in [-0.4, -0.2) is 35.1 Å². The van der Waals surface area contributed by atoms with Gasteiger partial charge in [0.05, 0.1) is 16.0 Å². The van der Waals surface area contributed by atoms with E-state index in [1.54, 1.807) is 0 Å². The van der Waals surface area contributed by atoms with Crippen LogP contribution in [0.1, 0.15) is 20.7 Å². The molecule has 2 N–H and O–H groups in total. The summed E-state index contributed by atoms with van der Waals surface area (Å²) in [5.74, 6) is -1.92. The van der Waals surface area contributed by atoms with E-state index in [9.17, 15) is 23.2 Å². The lowest BCUT2D eigenvalue weighted by molar-refractivity contribution is -0.0377. The van der Waals surface area contributed by atoms with Crippen molar-refractivity contribution in [1.29, 1.82) is 0 Å². The Kier molecular flexibility index (Phi) is 2.45. The van der Waals surface area contributed by atoms with Gasteiger partial charge in [-0.3, -0.25) is 19.3 Å². The molecular formula is C12H7NO6S. The van der Waals surface area contributed by atoms with Gasteiger partial charge in [0, 0.05) is 5.39 Å². The van der Waals surface area contributed by atoms with E-state index in [0.29, 0.717) is 5.39 Å². The van der Waals surface area contributed by atoms with Crippen molar-refractivity contribution in [2.75, 3.05) is 0 Å². The van der Waals surface area contributed by atoms with Crippen LogP contribution in [0, 0.1) is 0 Å². The standard InChI is InChI=1S/C12H7NO6S/c14-11-8-3-1-2-6-4-7(20(17,18)19)5-9(10(6)8)12(15)13(11)16/h1-5,16H,(H,17,18,19). The van der Waals surface area contributed by atoms with Crippen LogP contribution < -0.4 is 0 Å². The first-order valence-corrected chi connectivity index (χ1v) is 6.86. The fourth-order valence-electron chi connectivity index (χ4n) is 2.22. The molecule has 0 bridgehead atoms. The molecule has 0 saturated carbocycles. The number of carbonyl (C=O) groups excluding carboxylic acids is 2. The number of nitrogens with zero attached hydrogens (tertiary/aromatic N) is 1. The molecule has 3 rings (SSSR count). The van der Waals surface area contributed by atoms with Crippen LogP contribution in [0.4, 0.5) is 0 Å². The minimum atomic E-state index is -4.51. The van der Waals surface area contributed by atoms with Gasteiger partial charge in [-0.15, -0.1) is 5.06 Å². The topological polar surface area (TPSA) is 112 Å². The summed E-state index contributed by atoms with van der Waals surface area (Å²) in [6.07, 6.45) is 0. The number of hydrogen-bond donors (Lipinski definition) is 2. The molecule has 0 aromatic heterocycles. The highest BCUT2D eigenvalue weighted by Crippen LogP contribution is 2.31. The van der Waals surface area contributed by atoms with Crippen LogP contribution in [0.25, 0.3) is 10.8 Å². The average Bonchev–Trinajstić information content (AvgIpc) is 2.40. The number of amides is 2. The van der Waals surface area contributed by atoms with Crippen molar-refractivity contribution >= 4 is 32.7 Å². The van der Waals surface area contributed by atoms with E-state index in [0.717, 1.165) is 12.1 Å². The van der Waals surface area contributed by atoms with Gasteiger partial charge < -0.3 is 0 Å². The third kappa shape index (κ3) is 1.63. The molecule has 0 aliphatic carbocycles. The second-order valence-corrected chi connectivity index (χ2v) is 5.69. The van der Waals surface area contributed by atoms with Crippen molar-refractivity contribution in [3.05, 3.63) is 41.5 Å². The maximum atomic E-state index is 11.9. The maximum absolute atomic E-state index is 11.9. The Morgan fingerprint density at radius 3 is 2.30 bits per heavy atom. The molecule has 0 unspecified atom stereocenters. The lowest BCUT2D eigenvalue weighted by Crippen LogP contribution is -2.37. The number of imide groups is 1. The highest BCUT2D eigenvalue weighted by atomic mass is 32.2. The van der Waals surface area contributed by atoms with Crippen molar-refractivity contribution in [3.63, 3.8) is 0 Å². The average molecular weight is 293 g/mol. The number of carbonyl (C=O) groups is 2. The van der Waals surface area contributed by atoms with Gasteiger partial charge in [0.2, 0.25) is 0 Å². The molecule has 7 nitrogen and oxygen atoms in total. The van der Waals surface area contributed by atoms with Gasteiger partial charge in [-0.05, 0) is 23.6 Å². The summed E-state index contributed by atoms with van der Waals surface area (Å²) in [7, 11) is -4.51. The second kappa shape index (κ2) is 3.85. The Morgan fingerprint density at radius 2 is 1.65 bits per heavy atom. The molecular weight excluding hydrogens is 286 g/mol. The van der Waals surface area contributed by atoms with E-state index in [4.69, 9.17) is 4.55 Å². The van der Waals surface area contributed by atoms with Gasteiger partial charge in [0.25, 0.3) is 21.9 Å². The SMILES string of the molecule is O=C1c2cccc3cc(S(=O)(=O)O)cc(c23)C(=O)N1O. The minimum absolute atomic E-state index is 0.0785. The van der Waals surface area contributed by atoms with Gasteiger partial charge in [-0.1, -0.05) is 12.1 Å². The number of benzene rings is 2. The molecule has 0 saturated heterocycles. The molecule has 20 heavy (non-hydrogen) atoms. The fourth-order valence-corrected chi connectivity index (χ4v) is 2.76. The Bertz CT molecular complexity index is 886. The van der Waals surface area contributed by atoms with Crippen molar-refractivity contribution in [1.82, 2.24) is 5.06 Å². The smallest absolute Gasteiger partial charge is 0.282 e. The normalized spacial score (nSPS) is 15.0. The molecule has 0 spiro atoms. The molecule has 1 aliphatic rings. The minimum Gasteiger partial charge on any atom is -0.282 e. The van der Waals surface area contributed by atoms with Crippen LogP contribution in [0.5, 0.6) is 0 Å². The van der Waals surface area contributed by atoms with E-state index in [1.165, 1.54) is 18.2 Å². The molecule has 0 fully saturated rings. The van der Waals surface area contributed by atoms with Crippen LogP contribution in [0.2, 0.25) is 0 Å². The number of hydrogen-bond acceptors (Lipinski definition) is 5. The Balaban J connectivity index is 2.51. The third-order valence-corrected chi connectivity index (χ3v) is 3.93. The fraction of sp³-hybridized carbons (Fsp3) is 0.